The van der Waals surface area contributed by atoms with Crippen molar-refractivity contribution in [3.8, 4) is 0 Å². The zero-order valence-corrected chi connectivity index (χ0v) is 6.51. The van der Waals surface area contributed by atoms with Gasteiger partial charge in [0.1, 0.15) is 0 Å². The molecular weight excluding hydrogens is 126 g/mol. The molecule has 1 N–H and O–H groups in total. The molecule has 0 aromatic heterocycles. The van der Waals surface area contributed by atoms with E-state index in [0.717, 1.165) is 26.1 Å². The summed E-state index contributed by atoms with van der Waals surface area (Å²) < 4.78 is 0. The molecule has 0 amide bonds. The number of hydrogen-bond acceptors (Lipinski definition) is 2. The van der Waals surface area contributed by atoms with Gasteiger partial charge in [-0.05, 0) is 13.3 Å². The van der Waals surface area contributed by atoms with Crippen LogP contribution in [0.3, 0.4) is 0 Å². The minimum absolute atomic E-state index is 0.0978. The third kappa shape index (κ3) is 2.12. The fraction of sp³-hybridized carbons (Fsp3) is 0.750. The van der Waals surface area contributed by atoms with Crippen molar-refractivity contribution in [1.82, 2.24) is 4.90 Å². The first kappa shape index (κ1) is 7.76. The van der Waals surface area contributed by atoms with E-state index in [4.69, 9.17) is 5.11 Å². The molecule has 0 unspecified atom stereocenters. The summed E-state index contributed by atoms with van der Waals surface area (Å²) >= 11 is 0. The molecule has 1 atom stereocenters. The fourth-order valence-corrected chi connectivity index (χ4v) is 1.34. The second kappa shape index (κ2) is 3.17. The van der Waals surface area contributed by atoms with Crippen molar-refractivity contribution in [2.45, 2.75) is 19.4 Å². The average molecular weight is 141 g/mol. The Kier molecular flexibility index (Phi) is 2.46. The molecule has 0 aromatic carbocycles. The van der Waals surface area contributed by atoms with Gasteiger partial charge in [-0.25, -0.2) is 0 Å². The van der Waals surface area contributed by atoms with Gasteiger partial charge < -0.3 is 5.11 Å². The van der Waals surface area contributed by atoms with Crippen LogP contribution in [0.2, 0.25) is 0 Å². The van der Waals surface area contributed by atoms with E-state index < -0.39 is 0 Å². The molecule has 0 radical (unpaired) electrons. The van der Waals surface area contributed by atoms with Gasteiger partial charge in [0, 0.05) is 19.6 Å². The summed E-state index contributed by atoms with van der Waals surface area (Å²) in [5.41, 5.74) is 1.18. The van der Waals surface area contributed by atoms with Gasteiger partial charge in [0.15, 0.2) is 0 Å². The molecule has 0 saturated carbocycles. The van der Waals surface area contributed by atoms with Crippen molar-refractivity contribution < 1.29 is 5.11 Å². The van der Waals surface area contributed by atoms with E-state index in [0.29, 0.717) is 0 Å². The zero-order valence-electron chi connectivity index (χ0n) is 6.51. The molecule has 0 spiro atoms. The summed E-state index contributed by atoms with van der Waals surface area (Å²) in [6.45, 7) is 8.63. The summed E-state index contributed by atoms with van der Waals surface area (Å²) in [5.74, 6) is 0. The Morgan fingerprint density at radius 1 is 1.80 bits per heavy atom. The Balaban J connectivity index is 2.24. The lowest BCUT2D eigenvalue weighted by Gasteiger charge is -2.13. The number of aliphatic hydroxyl groups excluding tert-OH is 1. The van der Waals surface area contributed by atoms with Crippen LogP contribution in [0.15, 0.2) is 12.2 Å². The SMILES string of the molecule is C=C(C)CN1CC[C@H](O)C1. The van der Waals surface area contributed by atoms with Gasteiger partial charge in [0.25, 0.3) is 0 Å². The maximum absolute atomic E-state index is 9.14. The quantitative estimate of drug-likeness (QED) is 0.570. The summed E-state index contributed by atoms with van der Waals surface area (Å²) in [6, 6.07) is 0. The highest BCUT2D eigenvalue weighted by atomic mass is 16.3. The largest absolute Gasteiger partial charge is 0.392 e. The van der Waals surface area contributed by atoms with E-state index in [2.05, 4.69) is 11.5 Å². The van der Waals surface area contributed by atoms with Gasteiger partial charge in [0.2, 0.25) is 0 Å². The molecular formula is C8H15NO. The lowest BCUT2D eigenvalue weighted by atomic mass is 10.3. The highest BCUT2D eigenvalue weighted by Gasteiger charge is 2.18. The maximum Gasteiger partial charge on any atom is 0.0679 e. The van der Waals surface area contributed by atoms with E-state index in [9.17, 15) is 0 Å². The number of nitrogens with zero attached hydrogens (tertiary/aromatic N) is 1. The second-order valence-electron chi connectivity index (χ2n) is 3.13. The third-order valence-electron chi connectivity index (χ3n) is 1.74. The topological polar surface area (TPSA) is 23.5 Å². The molecule has 1 fully saturated rings. The molecule has 2 heteroatoms. The van der Waals surface area contributed by atoms with E-state index in [1.54, 1.807) is 0 Å². The van der Waals surface area contributed by atoms with Crippen molar-refractivity contribution in [3.05, 3.63) is 12.2 Å². The van der Waals surface area contributed by atoms with Crippen LogP contribution in [0.25, 0.3) is 0 Å². The Labute approximate surface area is 62.2 Å². The van der Waals surface area contributed by atoms with Crippen molar-refractivity contribution in [2.75, 3.05) is 19.6 Å². The van der Waals surface area contributed by atoms with Crippen LogP contribution in [0.5, 0.6) is 0 Å². The minimum atomic E-state index is -0.0978. The summed E-state index contributed by atoms with van der Waals surface area (Å²) in [4.78, 5) is 2.23. The molecule has 1 rings (SSSR count). The minimum Gasteiger partial charge on any atom is -0.392 e. The van der Waals surface area contributed by atoms with Crippen LogP contribution >= 0.6 is 0 Å². The number of rotatable bonds is 2. The number of hydrogen-bond donors (Lipinski definition) is 1. The van der Waals surface area contributed by atoms with Crippen LogP contribution in [-0.4, -0.2) is 35.7 Å². The molecule has 1 saturated heterocycles. The van der Waals surface area contributed by atoms with Crippen molar-refractivity contribution in [2.24, 2.45) is 0 Å². The van der Waals surface area contributed by atoms with Crippen LogP contribution in [-0.2, 0) is 0 Å². The first-order valence-electron chi connectivity index (χ1n) is 3.73. The second-order valence-corrected chi connectivity index (χ2v) is 3.13. The Morgan fingerprint density at radius 2 is 2.50 bits per heavy atom. The number of likely N-dealkylation sites (tertiary alicyclic amines) is 1. The van der Waals surface area contributed by atoms with Gasteiger partial charge in [-0.2, -0.15) is 0 Å². The van der Waals surface area contributed by atoms with E-state index in [-0.39, 0.29) is 6.10 Å². The van der Waals surface area contributed by atoms with Gasteiger partial charge in [0.05, 0.1) is 6.10 Å². The van der Waals surface area contributed by atoms with Gasteiger partial charge >= 0.3 is 0 Å². The van der Waals surface area contributed by atoms with E-state index in [1.807, 2.05) is 6.92 Å². The van der Waals surface area contributed by atoms with Gasteiger partial charge in [-0.3, -0.25) is 4.90 Å². The molecule has 0 aromatic rings. The van der Waals surface area contributed by atoms with E-state index in [1.165, 1.54) is 5.57 Å². The monoisotopic (exact) mass is 141 g/mol. The highest BCUT2D eigenvalue weighted by Crippen LogP contribution is 2.09. The normalized spacial score (nSPS) is 27.2. The molecule has 1 aliphatic heterocycles. The van der Waals surface area contributed by atoms with Crippen LogP contribution < -0.4 is 0 Å². The van der Waals surface area contributed by atoms with Crippen LogP contribution in [0.4, 0.5) is 0 Å². The first-order chi connectivity index (χ1) is 4.68. The summed E-state index contributed by atoms with van der Waals surface area (Å²) in [7, 11) is 0. The van der Waals surface area contributed by atoms with Gasteiger partial charge in [-0.15, -0.1) is 0 Å². The predicted molar refractivity (Wildman–Crippen MR) is 41.9 cm³/mol. The fourth-order valence-electron chi connectivity index (χ4n) is 1.34. The van der Waals surface area contributed by atoms with E-state index >= 15 is 0 Å². The lowest BCUT2D eigenvalue weighted by molar-refractivity contribution is 0.179. The Hall–Kier alpha value is -0.340. The molecule has 1 heterocycles. The molecule has 10 heavy (non-hydrogen) atoms. The lowest BCUT2D eigenvalue weighted by Crippen LogP contribution is -2.23. The zero-order chi connectivity index (χ0) is 7.56. The maximum atomic E-state index is 9.14. The number of β-amino-alcohol motifs (C(OH)–C–C–N with tert-alkyl or cyclic N) is 1. The predicted octanol–water partition coefficient (Wildman–Crippen LogP) is 0.629. The van der Waals surface area contributed by atoms with Crippen molar-refractivity contribution in [1.29, 1.82) is 0 Å². The summed E-state index contributed by atoms with van der Waals surface area (Å²) in [6.07, 6.45) is 0.826. The summed E-state index contributed by atoms with van der Waals surface area (Å²) in [5, 5.41) is 9.14. The molecule has 58 valence electrons. The van der Waals surface area contributed by atoms with Crippen LogP contribution in [0.1, 0.15) is 13.3 Å². The van der Waals surface area contributed by atoms with Gasteiger partial charge in [-0.1, -0.05) is 12.2 Å². The third-order valence-corrected chi connectivity index (χ3v) is 1.74. The Morgan fingerprint density at radius 3 is 2.90 bits per heavy atom. The van der Waals surface area contributed by atoms with Crippen LogP contribution in [0, 0.1) is 0 Å². The molecule has 0 aliphatic carbocycles. The molecule has 0 bridgehead atoms. The molecule has 2 nitrogen and oxygen atoms in total. The Bertz CT molecular complexity index is 133. The van der Waals surface area contributed by atoms with Crippen molar-refractivity contribution >= 4 is 0 Å². The number of aliphatic hydroxyl groups is 1. The smallest absolute Gasteiger partial charge is 0.0679 e. The standard InChI is InChI=1S/C8H15NO/c1-7(2)5-9-4-3-8(10)6-9/h8,10H,1,3-6H2,2H3/t8-/m0/s1. The molecule has 1 aliphatic rings. The van der Waals surface area contributed by atoms with Crippen molar-refractivity contribution in [3.63, 3.8) is 0 Å². The highest BCUT2D eigenvalue weighted by molar-refractivity contribution is 4.93. The first-order valence-corrected chi connectivity index (χ1v) is 3.73. The average Bonchev–Trinajstić information content (AvgIpc) is 2.13.